The van der Waals surface area contributed by atoms with Crippen LogP contribution in [0.2, 0.25) is 0 Å². The normalized spacial score (nSPS) is 15.0. The summed E-state index contributed by atoms with van der Waals surface area (Å²) in [5.41, 5.74) is 8.08. The summed E-state index contributed by atoms with van der Waals surface area (Å²) < 4.78 is 0. The Morgan fingerprint density at radius 2 is 1.69 bits per heavy atom. The number of rotatable bonds is 3. The molecule has 1 aromatic heterocycles. The number of carboxylic acids is 1. The summed E-state index contributed by atoms with van der Waals surface area (Å²) in [6.07, 6.45) is 0. The number of thiophene rings is 1. The van der Waals surface area contributed by atoms with Crippen molar-refractivity contribution < 1.29 is 19.5 Å². The number of nitrogens with two attached hydrogens (primary N) is 1. The molecule has 2 aromatic carbocycles. The molecule has 0 aliphatic carbocycles. The number of nitrogens with one attached hydrogen (secondary N) is 1. The van der Waals surface area contributed by atoms with Crippen molar-refractivity contribution in [3.05, 3.63) is 88.1 Å². The molecule has 1 aliphatic heterocycles. The molecule has 1 atom stereocenters. The van der Waals surface area contributed by atoms with Gasteiger partial charge in [-0.2, -0.15) is 0 Å². The number of nitrogens with zero attached hydrogens (tertiary/aromatic N) is 1. The lowest BCUT2D eigenvalue weighted by Crippen LogP contribution is -2.37. The number of carboxylic acid groups (broad SMARTS) is 1. The minimum Gasteiger partial charge on any atom is -0.477 e. The van der Waals surface area contributed by atoms with Crippen LogP contribution in [0.3, 0.4) is 0 Å². The van der Waals surface area contributed by atoms with Crippen molar-refractivity contribution in [3.63, 3.8) is 0 Å². The Bertz CT molecular complexity index is 1060. The van der Waals surface area contributed by atoms with Crippen LogP contribution in [0.25, 0.3) is 0 Å². The fraction of sp³-hybridized carbons (Fsp3) is 0.0476. The predicted octanol–water partition coefficient (Wildman–Crippen LogP) is 2.78. The zero-order valence-electron chi connectivity index (χ0n) is 15.1. The quantitative estimate of drug-likeness (QED) is 0.578. The second-order valence-electron chi connectivity index (χ2n) is 5.97. The predicted molar refractivity (Wildman–Crippen MR) is 111 cm³/mol. The van der Waals surface area contributed by atoms with Crippen LogP contribution in [0, 0.1) is 0 Å². The van der Waals surface area contributed by atoms with E-state index in [0.717, 1.165) is 11.1 Å². The first-order valence-electron chi connectivity index (χ1n) is 8.57. The maximum Gasteiger partial charge on any atom is 0.345 e. The molecule has 0 spiro atoms. The Labute approximate surface area is 170 Å². The molecule has 2 heterocycles. The number of carbonyl (C=O) groups is 3. The molecule has 0 radical (unpaired) electrons. The van der Waals surface area contributed by atoms with Gasteiger partial charge in [-0.25, -0.2) is 4.79 Å². The van der Waals surface area contributed by atoms with Gasteiger partial charge < -0.3 is 16.2 Å². The summed E-state index contributed by atoms with van der Waals surface area (Å²) in [7, 11) is 0. The number of hydrogen-bond acceptors (Lipinski definition) is 5. The topological polar surface area (TPSA) is 122 Å². The van der Waals surface area contributed by atoms with Crippen molar-refractivity contribution in [3.8, 4) is 0 Å². The average molecular weight is 407 g/mol. The van der Waals surface area contributed by atoms with Crippen LogP contribution < -0.4 is 11.1 Å². The summed E-state index contributed by atoms with van der Waals surface area (Å²) in [6.45, 7) is 0. The number of aromatic carboxylic acids is 1. The smallest absolute Gasteiger partial charge is 0.345 e. The SMILES string of the molecule is NC(=O)C1N=C(c2ccccc2)c2ccccc2NC1=O.O=C(O)c1cccs1. The summed E-state index contributed by atoms with van der Waals surface area (Å²) in [6, 6.07) is 18.8. The highest BCUT2D eigenvalue weighted by Crippen LogP contribution is 2.23. The average Bonchev–Trinajstić information content (AvgIpc) is 3.21. The highest BCUT2D eigenvalue weighted by atomic mass is 32.1. The number of benzodiazepines with no additional fused rings is 1. The van der Waals surface area contributed by atoms with Gasteiger partial charge in [0.2, 0.25) is 6.04 Å². The maximum absolute atomic E-state index is 12.1. The van der Waals surface area contributed by atoms with Crippen molar-refractivity contribution in [1.82, 2.24) is 0 Å². The molecule has 0 fully saturated rings. The molecule has 0 saturated heterocycles. The van der Waals surface area contributed by atoms with Crippen LogP contribution in [0.5, 0.6) is 0 Å². The van der Waals surface area contributed by atoms with Crippen LogP contribution in [0.4, 0.5) is 5.69 Å². The number of fused-ring (bicyclic) bond motifs is 1. The van der Waals surface area contributed by atoms with Crippen LogP contribution in [0.15, 0.2) is 77.1 Å². The van der Waals surface area contributed by atoms with E-state index < -0.39 is 23.8 Å². The Morgan fingerprint density at radius 3 is 2.28 bits per heavy atom. The molecule has 1 unspecified atom stereocenters. The Kier molecular flexibility index (Phi) is 6.16. The van der Waals surface area contributed by atoms with Crippen LogP contribution in [-0.2, 0) is 9.59 Å². The number of aliphatic imine (C=N–C) groups is 1. The molecule has 7 nitrogen and oxygen atoms in total. The maximum atomic E-state index is 12.1. The van der Waals surface area contributed by atoms with Crippen molar-refractivity contribution in [2.24, 2.45) is 10.7 Å². The van der Waals surface area contributed by atoms with E-state index in [9.17, 15) is 14.4 Å². The number of para-hydroxylation sites is 1. The van der Waals surface area contributed by atoms with Crippen molar-refractivity contribution in [2.75, 3.05) is 5.32 Å². The molecular weight excluding hydrogens is 390 g/mol. The van der Waals surface area contributed by atoms with Gasteiger partial charge in [0.15, 0.2) is 0 Å². The Balaban J connectivity index is 0.000000252. The minimum atomic E-state index is -1.23. The first kappa shape index (κ1) is 20.0. The van der Waals surface area contributed by atoms with Gasteiger partial charge in [0.1, 0.15) is 4.88 Å². The third-order valence-electron chi connectivity index (χ3n) is 4.00. The minimum absolute atomic E-state index is 0.394. The third kappa shape index (κ3) is 4.74. The van der Waals surface area contributed by atoms with E-state index in [1.54, 1.807) is 23.6 Å². The summed E-state index contributed by atoms with van der Waals surface area (Å²) in [5.74, 6) is -2.13. The largest absolute Gasteiger partial charge is 0.477 e. The van der Waals surface area contributed by atoms with Gasteiger partial charge >= 0.3 is 5.97 Å². The Morgan fingerprint density at radius 1 is 1.00 bits per heavy atom. The van der Waals surface area contributed by atoms with Gasteiger partial charge in [-0.3, -0.25) is 14.6 Å². The summed E-state index contributed by atoms with van der Waals surface area (Å²) in [4.78, 5) is 38.3. The summed E-state index contributed by atoms with van der Waals surface area (Å²) >= 11 is 1.23. The van der Waals surface area contributed by atoms with Crippen molar-refractivity contribution in [1.29, 1.82) is 0 Å². The molecule has 0 saturated carbocycles. The lowest BCUT2D eigenvalue weighted by molar-refractivity contribution is -0.126. The van der Waals surface area contributed by atoms with E-state index in [1.165, 1.54) is 11.3 Å². The molecule has 2 amide bonds. The summed E-state index contributed by atoms with van der Waals surface area (Å²) in [5, 5.41) is 12.7. The van der Waals surface area contributed by atoms with E-state index in [0.29, 0.717) is 16.3 Å². The fourth-order valence-corrected chi connectivity index (χ4v) is 3.24. The lowest BCUT2D eigenvalue weighted by atomic mass is 10.0. The van der Waals surface area contributed by atoms with Gasteiger partial charge in [-0.05, 0) is 17.5 Å². The van der Waals surface area contributed by atoms with Crippen molar-refractivity contribution in [2.45, 2.75) is 6.04 Å². The van der Waals surface area contributed by atoms with E-state index in [-0.39, 0.29) is 0 Å². The molecule has 4 rings (SSSR count). The van der Waals surface area contributed by atoms with Crippen LogP contribution in [-0.4, -0.2) is 34.6 Å². The number of carbonyl (C=O) groups excluding carboxylic acids is 2. The molecule has 29 heavy (non-hydrogen) atoms. The van der Waals surface area contributed by atoms with E-state index in [1.807, 2.05) is 48.5 Å². The van der Waals surface area contributed by atoms with Crippen molar-refractivity contribution >= 4 is 40.5 Å². The highest BCUT2D eigenvalue weighted by Gasteiger charge is 2.29. The van der Waals surface area contributed by atoms with Gasteiger partial charge in [0.05, 0.1) is 11.4 Å². The highest BCUT2D eigenvalue weighted by molar-refractivity contribution is 7.11. The van der Waals surface area contributed by atoms with E-state index in [2.05, 4.69) is 10.3 Å². The number of anilines is 1. The van der Waals surface area contributed by atoms with E-state index in [4.69, 9.17) is 10.8 Å². The zero-order chi connectivity index (χ0) is 20.8. The van der Waals surface area contributed by atoms with E-state index >= 15 is 0 Å². The molecule has 1 aliphatic rings. The lowest BCUT2D eigenvalue weighted by Gasteiger charge is -2.09. The van der Waals surface area contributed by atoms with Gasteiger partial charge in [-0.1, -0.05) is 54.6 Å². The van der Waals surface area contributed by atoms with Crippen LogP contribution >= 0.6 is 11.3 Å². The standard InChI is InChI=1S/C16H13N3O2.C5H4O2S/c17-15(20)14-16(21)18-12-9-5-4-8-11(12)13(19-14)10-6-2-1-3-7-10;6-5(7)4-2-1-3-8-4/h1-9,14H,(H2,17,20)(H,18,21);1-3H,(H,6,7). The second-order valence-corrected chi connectivity index (χ2v) is 6.91. The molecule has 4 N–H and O–H groups in total. The van der Waals surface area contributed by atoms with Gasteiger partial charge in [-0.15, -0.1) is 11.3 Å². The third-order valence-corrected chi connectivity index (χ3v) is 4.85. The number of primary amides is 1. The first-order chi connectivity index (χ1) is 14.0. The molecule has 8 heteroatoms. The number of amides is 2. The second kappa shape index (κ2) is 8.94. The van der Waals surface area contributed by atoms with Crippen LogP contribution in [0.1, 0.15) is 20.8 Å². The molecule has 3 aromatic rings. The molecule has 146 valence electrons. The zero-order valence-corrected chi connectivity index (χ0v) is 15.9. The monoisotopic (exact) mass is 407 g/mol. The Hall–Kier alpha value is -3.78. The first-order valence-corrected chi connectivity index (χ1v) is 9.45. The fourth-order valence-electron chi connectivity index (χ4n) is 2.68. The molecular formula is C21H17N3O4S. The number of benzene rings is 2. The number of hydrogen-bond donors (Lipinski definition) is 3. The molecule has 0 bridgehead atoms. The van der Waals surface area contributed by atoms with Gasteiger partial charge in [0.25, 0.3) is 11.8 Å². The van der Waals surface area contributed by atoms with Gasteiger partial charge in [0, 0.05) is 11.1 Å².